The Labute approximate surface area is 192 Å². The molecule has 1 N–H and O–H groups in total. The summed E-state index contributed by atoms with van der Waals surface area (Å²) in [5.74, 6) is 0.377. The van der Waals surface area contributed by atoms with Gasteiger partial charge < -0.3 is 10.1 Å². The fourth-order valence-corrected chi connectivity index (χ4v) is 4.62. The number of rotatable bonds is 6. The topological polar surface area (TPSA) is 58.6 Å². The highest BCUT2D eigenvalue weighted by atomic mass is 32.2. The molecular formula is C26H26N2O3S. The van der Waals surface area contributed by atoms with Crippen LogP contribution in [0.2, 0.25) is 0 Å². The fraction of sp³-hybridized carbons (Fsp3) is 0.231. The van der Waals surface area contributed by atoms with Crippen molar-refractivity contribution in [1.82, 2.24) is 5.32 Å². The van der Waals surface area contributed by atoms with Gasteiger partial charge in [0.1, 0.15) is 11.3 Å². The van der Waals surface area contributed by atoms with Gasteiger partial charge in [-0.05, 0) is 60.7 Å². The number of anilines is 1. The highest BCUT2D eigenvalue weighted by Crippen LogP contribution is 2.36. The molecule has 2 amide bonds. The molecule has 3 aromatic carbocycles. The Morgan fingerprint density at radius 2 is 1.88 bits per heavy atom. The number of ether oxygens (including phenoxy) is 1. The minimum atomic E-state index is -1.07. The number of nitrogens with zero attached hydrogens (tertiary/aromatic N) is 1. The first kappa shape index (κ1) is 22.0. The van der Waals surface area contributed by atoms with Crippen LogP contribution in [-0.4, -0.2) is 30.7 Å². The lowest BCUT2D eigenvalue weighted by Crippen LogP contribution is -2.63. The molecule has 0 radical (unpaired) electrons. The van der Waals surface area contributed by atoms with Gasteiger partial charge in [-0.3, -0.25) is 14.5 Å². The number of hydrogen-bond acceptors (Lipinski definition) is 4. The Morgan fingerprint density at radius 3 is 2.66 bits per heavy atom. The number of carbonyl (C=O) groups is 2. The second-order valence-electron chi connectivity index (χ2n) is 7.98. The summed E-state index contributed by atoms with van der Waals surface area (Å²) < 4.78 is 5.28. The van der Waals surface area contributed by atoms with Gasteiger partial charge >= 0.3 is 0 Å². The molecule has 0 spiro atoms. The molecule has 0 fully saturated rings. The number of fused-ring (bicyclic) bond motifs is 1. The van der Waals surface area contributed by atoms with Gasteiger partial charge in [0.25, 0.3) is 5.91 Å². The van der Waals surface area contributed by atoms with Crippen molar-refractivity contribution >= 4 is 29.3 Å². The quantitative estimate of drug-likeness (QED) is 0.558. The predicted molar refractivity (Wildman–Crippen MR) is 128 cm³/mol. The van der Waals surface area contributed by atoms with Crippen LogP contribution in [0.15, 0.2) is 77.7 Å². The summed E-state index contributed by atoms with van der Waals surface area (Å²) in [5.41, 5.74) is 2.10. The molecular weight excluding hydrogens is 420 g/mol. The predicted octanol–water partition coefficient (Wildman–Crippen LogP) is 4.70. The summed E-state index contributed by atoms with van der Waals surface area (Å²) in [4.78, 5) is 29.9. The van der Waals surface area contributed by atoms with Crippen LogP contribution >= 0.6 is 11.8 Å². The van der Waals surface area contributed by atoms with Crippen molar-refractivity contribution in [3.05, 3.63) is 89.5 Å². The molecule has 0 aromatic heterocycles. The Morgan fingerprint density at radius 1 is 1.09 bits per heavy atom. The van der Waals surface area contributed by atoms with E-state index in [2.05, 4.69) is 5.32 Å². The summed E-state index contributed by atoms with van der Waals surface area (Å²) >= 11 is 1.60. The third-order valence-electron chi connectivity index (χ3n) is 5.87. The van der Waals surface area contributed by atoms with Crippen molar-refractivity contribution in [2.45, 2.75) is 30.3 Å². The van der Waals surface area contributed by atoms with Crippen molar-refractivity contribution in [2.24, 2.45) is 0 Å². The molecule has 6 heteroatoms. The fourth-order valence-electron chi connectivity index (χ4n) is 4.17. The zero-order valence-corrected chi connectivity index (χ0v) is 19.2. The van der Waals surface area contributed by atoms with Gasteiger partial charge in [-0.1, -0.05) is 36.4 Å². The van der Waals surface area contributed by atoms with Gasteiger partial charge in [0.2, 0.25) is 5.91 Å². The molecule has 32 heavy (non-hydrogen) atoms. The van der Waals surface area contributed by atoms with E-state index < -0.39 is 5.54 Å². The maximum Gasteiger partial charge on any atom is 0.259 e. The van der Waals surface area contributed by atoms with E-state index in [0.717, 1.165) is 27.5 Å². The maximum absolute atomic E-state index is 13.6. The maximum atomic E-state index is 13.6. The molecule has 1 aliphatic rings. The second kappa shape index (κ2) is 9.09. The van der Waals surface area contributed by atoms with Gasteiger partial charge in [0, 0.05) is 29.1 Å². The van der Waals surface area contributed by atoms with E-state index in [1.165, 1.54) is 0 Å². The smallest absolute Gasteiger partial charge is 0.259 e. The Kier molecular flexibility index (Phi) is 6.24. The summed E-state index contributed by atoms with van der Waals surface area (Å²) in [6.45, 7) is 2.19. The van der Waals surface area contributed by atoms with Crippen LogP contribution in [0.25, 0.3) is 0 Å². The van der Waals surface area contributed by atoms with Crippen molar-refractivity contribution in [3.8, 4) is 5.75 Å². The molecule has 0 saturated carbocycles. The van der Waals surface area contributed by atoms with Crippen LogP contribution in [0.5, 0.6) is 5.75 Å². The Bertz CT molecular complexity index is 1160. The largest absolute Gasteiger partial charge is 0.497 e. The summed E-state index contributed by atoms with van der Waals surface area (Å²) in [6, 6.07) is 22.9. The van der Waals surface area contributed by atoms with E-state index in [4.69, 9.17) is 4.74 Å². The number of methoxy groups -OCH3 is 1. The summed E-state index contributed by atoms with van der Waals surface area (Å²) in [5, 5.41) is 3.05. The van der Waals surface area contributed by atoms with Crippen LogP contribution in [0, 0.1) is 0 Å². The molecule has 3 aromatic rings. The van der Waals surface area contributed by atoms with Crippen LogP contribution in [0.1, 0.15) is 28.4 Å². The highest BCUT2D eigenvalue weighted by molar-refractivity contribution is 7.98. The van der Waals surface area contributed by atoms with E-state index in [1.54, 1.807) is 23.8 Å². The molecule has 0 saturated heterocycles. The van der Waals surface area contributed by atoms with Gasteiger partial charge in [-0.2, -0.15) is 0 Å². The van der Waals surface area contributed by atoms with Crippen LogP contribution in [-0.2, 0) is 17.8 Å². The number of nitrogens with one attached hydrogen (secondary N) is 1. The minimum Gasteiger partial charge on any atom is -0.497 e. The van der Waals surface area contributed by atoms with E-state index >= 15 is 0 Å². The molecule has 5 nitrogen and oxygen atoms in total. The lowest BCUT2D eigenvalue weighted by molar-refractivity contribution is -0.126. The van der Waals surface area contributed by atoms with E-state index in [1.807, 2.05) is 86.0 Å². The first-order valence-electron chi connectivity index (χ1n) is 10.4. The molecule has 1 atom stereocenters. The third-order valence-corrected chi connectivity index (χ3v) is 6.59. The number of hydrogen-bond donors (Lipinski definition) is 1. The third kappa shape index (κ3) is 4.10. The van der Waals surface area contributed by atoms with Crippen LogP contribution in [0.4, 0.5) is 5.69 Å². The summed E-state index contributed by atoms with van der Waals surface area (Å²) in [6.07, 6.45) is 2.43. The second-order valence-corrected chi connectivity index (χ2v) is 8.86. The van der Waals surface area contributed by atoms with Gasteiger partial charge in [0.05, 0.1) is 7.11 Å². The van der Waals surface area contributed by atoms with E-state index in [9.17, 15) is 9.59 Å². The lowest BCUT2D eigenvalue weighted by Gasteiger charge is -2.44. The number of thioether (sulfide) groups is 1. The normalized spacial score (nSPS) is 17.6. The average Bonchev–Trinajstić information content (AvgIpc) is 2.82. The van der Waals surface area contributed by atoms with Crippen LogP contribution in [0.3, 0.4) is 0 Å². The van der Waals surface area contributed by atoms with Crippen molar-refractivity contribution in [2.75, 3.05) is 18.3 Å². The minimum absolute atomic E-state index is 0.163. The van der Waals surface area contributed by atoms with Gasteiger partial charge in [-0.15, -0.1) is 11.8 Å². The molecule has 0 unspecified atom stereocenters. The summed E-state index contributed by atoms with van der Waals surface area (Å²) in [7, 11) is 1.62. The molecule has 1 aliphatic heterocycles. The van der Waals surface area contributed by atoms with Crippen LogP contribution < -0.4 is 15.0 Å². The lowest BCUT2D eigenvalue weighted by atomic mass is 9.82. The van der Waals surface area contributed by atoms with E-state index in [0.29, 0.717) is 18.5 Å². The van der Waals surface area contributed by atoms with Crippen molar-refractivity contribution < 1.29 is 14.3 Å². The number of carbonyl (C=O) groups excluding carboxylic acids is 2. The standard InChI is InChI=1S/C26H26N2O3S/c1-26(25(30)27-17-18-8-6-11-21(14-18)31-2)16-19-9-4-5-13-23(19)24(29)28(26)20-10-7-12-22(15-20)32-3/h4-15H,16-17H2,1-3H3,(H,27,30)/t26-/m0/s1. The highest BCUT2D eigenvalue weighted by Gasteiger charge is 2.47. The number of benzene rings is 3. The molecule has 4 rings (SSSR count). The zero-order valence-electron chi connectivity index (χ0n) is 18.4. The van der Waals surface area contributed by atoms with Crippen molar-refractivity contribution in [3.63, 3.8) is 0 Å². The molecule has 1 heterocycles. The monoisotopic (exact) mass is 446 g/mol. The van der Waals surface area contributed by atoms with E-state index in [-0.39, 0.29) is 11.8 Å². The average molecular weight is 447 g/mol. The molecule has 0 bridgehead atoms. The van der Waals surface area contributed by atoms with Gasteiger partial charge in [0.15, 0.2) is 0 Å². The van der Waals surface area contributed by atoms with Gasteiger partial charge in [-0.25, -0.2) is 0 Å². The SMILES string of the molecule is COc1cccc(CNC(=O)[C@]2(C)Cc3ccccc3C(=O)N2c2cccc(SC)c2)c1. The first-order valence-corrected chi connectivity index (χ1v) is 11.7. The van der Waals surface area contributed by atoms with Crippen molar-refractivity contribution in [1.29, 1.82) is 0 Å². The number of amides is 2. The molecule has 164 valence electrons. The Hall–Kier alpha value is -3.25. The first-order chi connectivity index (χ1) is 15.5. The zero-order chi connectivity index (χ0) is 22.7. The molecule has 0 aliphatic carbocycles. The Balaban J connectivity index is 1.70.